The molecule has 0 radical (unpaired) electrons. The van der Waals surface area contributed by atoms with Gasteiger partial charge in [0.25, 0.3) is 0 Å². The molecule has 0 spiro atoms. The van der Waals surface area contributed by atoms with E-state index in [1.165, 1.54) is 24.5 Å². The van der Waals surface area contributed by atoms with Gasteiger partial charge in [0.05, 0.1) is 28.0 Å². The van der Waals surface area contributed by atoms with Gasteiger partial charge in [-0.2, -0.15) is 0 Å². The first-order valence-corrected chi connectivity index (χ1v) is 11.0. The van der Waals surface area contributed by atoms with Crippen molar-refractivity contribution in [1.29, 1.82) is 0 Å². The van der Waals surface area contributed by atoms with Gasteiger partial charge in [0.2, 0.25) is 15.8 Å². The molecule has 0 amide bonds. The van der Waals surface area contributed by atoms with Gasteiger partial charge < -0.3 is 15.4 Å². The summed E-state index contributed by atoms with van der Waals surface area (Å²) < 4.78 is 45.5. The third kappa shape index (κ3) is 4.09. The highest BCUT2D eigenvalue weighted by molar-refractivity contribution is 7.91. The van der Waals surface area contributed by atoms with Crippen LogP contribution in [0.2, 0.25) is 5.02 Å². The first kappa shape index (κ1) is 20.5. The summed E-state index contributed by atoms with van der Waals surface area (Å²) in [6, 6.07) is 8.35. The van der Waals surface area contributed by atoms with Crippen molar-refractivity contribution >= 4 is 33.1 Å². The van der Waals surface area contributed by atoms with Crippen LogP contribution in [-0.4, -0.2) is 44.7 Å². The molecule has 30 heavy (non-hydrogen) atoms. The first-order chi connectivity index (χ1) is 14.3. The second-order valence-corrected chi connectivity index (χ2v) is 9.08. The number of nitrogens with zero attached hydrogens (tertiary/aromatic N) is 3. The maximum atomic E-state index is 13.5. The highest BCUT2D eigenvalue weighted by Crippen LogP contribution is 2.33. The van der Waals surface area contributed by atoms with Gasteiger partial charge in [0.15, 0.2) is 0 Å². The van der Waals surface area contributed by atoms with Gasteiger partial charge in [-0.25, -0.2) is 22.8 Å². The van der Waals surface area contributed by atoms with Crippen LogP contribution in [-0.2, 0) is 14.6 Å². The predicted octanol–water partition coefficient (Wildman–Crippen LogP) is 3.19. The fourth-order valence-corrected chi connectivity index (χ4v) is 4.77. The van der Waals surface area contributed by atoms with Crippen molar-refractivity contribution in [2.75, 3.05) is 36.9 Å². The number of ether oxygens (including phenoxy) is 1. The van der Waals surface area contributed by atoms with E-state index in [9.17, 15) is 12.8 Å². The van der Waals surface area contributed by atoms with Crippen molar-refractivity contribution in [3.05, 3.63) is 59.6 Å². The topological polar surface area (TPSA) is 98.4 Å². The fraction of sp³-hybridized carbons (Fsp3) is 0.200. The zero-order valence-electron chi connectivity index (χ0n) is 15.8. The Kier molecular flexibility index (Phi) is 5.59. The third-order valence-corrected chi connectivity index (χ3v) is 6.80. The highest BCUT2D eigenvalue weighted by Gasteiger charge is 2.23. The van der Waals surface area contributed by atoms with Crippen LogP contribution in [0.3, 0.4) is 0 Å². The van der Waals surface area contributed by atoms with E-state index < -0.39 is 15.7 Å². The van der Waals surface area contributed by atoms with E-state index in [1.807, 2.05) is 11.0 Å². The Hall–Kier alpha value is -2.75. The normalized spacial score (nSPS) is 14.7. The van der Waals surface area contributed by atoms with Gasteiger partial charge in [0.1, 0.15) is 5.82 Å². The number of anilines is 2. The average Bonchev–Trinajstić information content (AvgIpc) is 2.76. The lowest BCUT2D eigenvalue weighted by Crippen LogP contribution is -2.36. The minimum atomic E-state index is -3.95. The van der Waals surface area contributed by atoms with Crippen LogP contribution in [0.15, 0.2) is 58.6 Å². The van der Waals surface area contributed by atoms with Crippen LogP contribution >= 0.6 is 11.6 Å². The molecule has 0 saturated carbocycles. The van der Waals surface area contributed by atoms with Gasteiger partial charge in [0, 0.05) is 36.7 Å². The largest absolute Gasteiger partial charge is 0.378 e. The summed E-state index contributed by atoms with van der Waals surface area (Å²) in [5.41, 5.74) is 7.53. The number of aromatic nitrogens is 2. The minimum absolute atomic E-state index is 0.0565. The number of rotatable bonds is 4. The molecule has 2 heterocycles. The molecule has 1 aliphatic heterocycles. The van der Waals surface area contributed by atoms with Crippen molar-refractivity contribution in [3.8, 4) is 11.1 Å². The van der Waals surface area contributed by atoms with Crippen molar-refractivity contribution in [2.45, 2.75) is 9.79 Å². The fourth-order valence-electron chi connectivity index (χ4n) is 3.18. The number of morpholine rings is 1. The smallest absolute Gasteiger partial charge is 0.219 e. The van der Waals surface area contributed by atoms with E-state index in [0.29, 0.717) is 37.4 Å². The third-order valence-electron chi connectivity index (χ3n) is 4.78. The molecule has 1 aromatic heterocycles. The maximum absolute atomic E-state index is 13.5. The van der Waals surface area contributed by atoms with E-state index in [0.717, 1.165) is 17.8 Å². The van der Waals surface area contributed by atoms with Crippen molar-refractivity contribution in [2.24, 2.45) is 0 Å². The van der Waals surface area contributed by atoms with E-state index in [4.69, 9.17) is 22.1 Å². The summed E-state index contributed by atoms with van der Waals surface area (Å²) in [5, 5.41) is -0.257. The van der Waals surface area contributed by atoms with Crippen molar-refractivity contribution < 1.29 is 17.5 Å². The average molecular weight is 449 g/mol. The molecule has 0 atom stereocenters. The van der Waals surface area contributed by atoms with E-state index in [1.54, 1.807) is 6.07 Å². The van der Waals surface area contributed by atoms with Crippen molar-refractivity contribution in [3.63, 3.8) is 0 Å². The Bertz CT molecular complexity index is 1180. The van der Waals surface area contributed by atoms with Gasteiger partial charge in [-0.15, -0.1) is 0 Å². The molecule has 10 heteroatoms. The summed E-state index contributed by atoms with van der Waals surface area (Å²) >= 11 is 5.81. The van der Waals surface area contributed by atoms with Crippen LogP contribution in [0, 0.1) is 5.82 Å². The molecule has 0 unspecified atom stereocenters. The lowest BCUT2D eigenvalue weighted by atomic mass is 10.1. The van der Waals surface area contributed by atoms with Gasteiger partial charge in [-0.3, -0.25) is 0 Å². The Balaban J connectivity index is 1.86. The van der Waals surface area contributed by atoms with E-state index in [-0.39, 0.29) is 20.8 Å². The second kappa shape index (κ2) is 8.17. The molecule has 4 rings (SSSR count). The molecular weight excluding hydrogens is 431 g/mol. The molecule has 0 bridgehead atoms. The van der Waals surface area contributed by atoms with Crippen LogP contribution in [0.1, 0.15) is 0 Å². The second-order valence-electron chi connectivity index (χ2n) is 6.72. The van der Waals surface area contributed by atoms with Crippen LogP contribution in [0.4, 0.5) is 16.0 Å². The summed E-state index contributed by atoms with van der Waals surface area (Å²) in [4.78, 5) is 10.00. The summed E-state index contributed by atoms with van der Waals surface area (Å²) in [6.45, 7) is 2.35. The molecule has 7 nitrogen and oxygen atoms in total. The standard InChI is InChI=1S/C20H18ClFN4O3S/c21-18-10-16(1-2-19(18)22)30(27,28)17-8-13(14-11-24-20(23)25-12-14)7-15(9-17)26-3-5-29-6-4-26/h1-2,7-12H,3-6H2,(H2,23,24,25). The van der Waals surface area contributed by atoms with E-state index in [2.05, 4.69) is 9.97 Å². The molecule has 1 aliphatic rings. The Morgan fingerprint density at radius 3 is 2.37 bits per heavy atom. The number of sulfone groups is 1. The first-order valence-electron chi connectivity index (χ1n) is 9.10. The van der Waals surface area contributed by atoms with Gasteiger partial charge in [-0.1, -0.05) is 11.6 Å². The maximum Gasteiger partial charge on any atom is 0.219 e. The molecule has 1 saturated heterocycles. The molecule has 0 aliphatic carbocycles. The SMILES string of the molecule is Nc1ncc(-c2cc(N3CCOCC3)cc(S(=O)(=O)c3ccc(F)c(Cl)c3)c2)cn1. The Morgan fingerprint density at radius 1 is 1.00 bits per heavy atom. The predicted molar refractivity (Wildman–Crippen MR) is 112 cm³/mol. The number of nitrogen functional groups attached to an aromatic ring is 1. The molecule has 156 valence electrons. The highest BCUT2D eigenvalue weighted by atomic mass is 35.5. The zero-order valence-corrected chi connectivity index (χ0v) is 17.3. The molecule has 2 N–H and O–H groups in total. The van der Waals surface area contributed by atoms with Crippen LogP contribution in [0.5, 0.6) is 0 Å². The lowest BCUT2D eigenvalue weighted by molar-refractivity contribution is 0.122. The number of benzene rings is 2. The molecule has 3 aromatic rings. The zero-order chi connectivity index (χ0) is 21.3. The monoisotopic (exact) mass is 448 g/mol. The summed E-state index contributed by atoms with van der Waals surface area (Å²) in [7, 11) is -3.95. The number of hydrogen-bond donors (Lipinski definition) is 1. The molecule has 1 fully saturated rings. The van der Waals surface area contributed by atoms with Gasteiger partial charge >= 0.3 is 0 Å². The van der Waals surface area contributed by atoms with Crippen LogP contribution in [0.25, 0.3) is 11.1 Å². The molecular formula is C20H18ClFN4O3S. The lowest BCUT2D eigenvalue weighted by Gasteiger charge is -2.29. The number of nitrogens with two attached hydrogens (primary N) is 1. The summed E-state index contributed by atoms with van der Waals surface area (Å²) in [5.74, 6) is -0.561. The van der Waals surface area contributed by atoms with Crippen LogP contribution < -0.4 is 10.6 Å². The quantitative estimate of drug-likeness (QED) is 0.612. The van der Waals surface area contributed by atoms with Crippen molar-refractivity contribution in [1.82, 2.24) is 9.97 Å². The summed E-state index contributed by atoms with van der Waals surface area (Å²) in [6.07, 6.45) is 3.07. The van der Waals surface area contributed by atoms with Gasteiger partial charge in [-0.05, 0) is 42.0 Å². The Morgan fingerprint density at radius 2 is 1.70 bits per heavy atom. The number of hydrogen-bond acceptors (Lipinski definition) is 7. The minimum Gasteiger partial charge on any atom is -0.378 e. The Labute approximate surface area is 178 Å². The molecule has 2 aromatic carbocycles. The van der Waals surface area contributed by atoms with E-state index >= 15 is 0 Å². The number of halogens is 2.